The summed E-state index contributed by atoms with van der Waals surface area (Å²) in [7, 11) is 1.61. The van der Waals surface area contributed by atoms with Gasteiger partial charge in [-0.3, -0.25) is 4.79 Å². The number of carbonyl (C=O) groups excluding carboxylic acids is 1. The molecule has 0 aromatic heterocycles. The Bertz CT molecular complexity index is 393. The number of anilines is 1. The Labute approximate surface area is 108 Å². The Morgan fingerprint density at radius 3 is 2.76 bits per heavy atom. The van der Waals surface area contributed by atoms with Gasteiger partial charge in [0.1, 0.15) is 0 Å². The highest BCUT2D eigenvalue weighted by molar-refractivity contribution is 6.33. The number of rotatable bonds is 5. The molecule has 0 aliphatic carbocycles. The highest BCUT2D eigenvalue weighted by Gasteiger charge is 2.08. The topological polar surface area (TPSA) is 41.1 Å². The average molecular weight is 255 g/mol. The lowest BCUT2D eigenvalue weighted by molar-refractivity contribution is 0.0963. The summed E-state index contributed by atoms with van der Waals surface area (Å²) >= 11 is 6.08. The van der Waals surface area contributed by atoms with E-state index in [-0.39, 0.29) is 5.91 Å². The molecule has 0 heterocycles. The largest absolute Gasteiger partial charge is 0.384 e. The van der Waals surface area contributed by atoms with Gasteiger partial charge in [0.25, 0.3) is 5.91 Å². The first-order chi connectivity index (χ1) is 8.08. The first-order valence-corrected chi connectivity index (χ1v) is 6.21. The van der Waals surface area contributed by atoms with Crippen LogP contribution in [-0.2, 0) is 0 Å². The molecule has 1 rings (SSSR count). The monoisotopic (exact) mass is 254 g/mol. The van der Waals surface area contributed by atoms with Crippen LogP contribution in [0.2, 0.25) is 5.02 Å². The summed E-state index contributed by atoms with van der Waals surface area (Å²) in [6, 6.07) is 5.24. The zero-order chi connectivity index (χ0) is 12.8. The predicted octanol–water partition coefficient (Wildman–Crippen LogP) is 3.16. The molecule has 1 aromatic rings. The van der Waals surface area contributed by atoms with Gasteiger partial charge in [-0.05, 0) is 24.1 Å². The SMILES string of the molecule is CCC(C)CNc1cc(C(=O)NC)ccc1Cl. The van der Waals surface area contributed by atoms with E-state index in [2.05, 4.69) is 24.5 Å². The number of hydrogen-bond donors (Lipinski definition) is 2. The Kier molecular flexibility index (Phi) is 5.29. The molecule has 0 saturated heterocycles. The third-order valence-electron chi connectivity index (χ3n) is 2.79. The second kappa shape index (κ2) is 6.50. The zero-order valence-electron chi connectivity index (χ0n) is 10.5. The van der Waals surface area contributed by atoms with Crippen molar-refractivity contribution < 1.29 is 4.79 Å². The van der Waals surface area contributed by atoms with Crippen molar-refractivity contribution in [2.24, 2.45) is 5.92 Å². The van der Waals surface area contributed by atoms with Crippen LogP contribution < -0.4 is 10.6 Å². The minimum atomic E-state index is -0.103. The standard InChI is InChI=1S/C13H19ClN2O/c1-4-9(2)8-16-12-7-10(13(17)15-3)5-6-11(12)14/h5-7,9,16H,4,8H2,1-3H3,(H,15,17). The Hall–Kier alpha value is -1.22. The van der Waals surface area contributed by atoms with E-state index >= 15 is 0 Å². The number of nitrogens with one attached hydrogen (secondary N) is 2. The maximum absolute atomic E-state index is 11.5. The van der Waals surface area contributed by atoms with Crippen molar-refractivity contribution in [3.63, 3.8) is 0 Å². The van der Waals surface area contributed by atoms with Crippen LogP contribution in [0.15, 0.2) is 18.2 Å². The van der Waals surface area contributed by atoms with Gasteiger partial charge in [-0.2, -0.15) is 0 Å². The lowest BCUT2D eigenvalue weighted by atomic mass is 10.1. The minimum absolute atomic E-state index is 0.103. The Morgan fingerprint density at radius 1 is 1.47 bits per heavy atom. The fraction of sp³-hybridized carbons (Fsp3) is 0.462. The molecule has 94 valence electrons. The van der Waals surface area contributed by atoms with Crippen molar-refractivity contribution in [3.05, 3.63) is 28.8 Å². The second-order valence-corrected chi connectivity index (χ2v) is 4.58. The fourth-order valence-corrected chi connectivity index (χ4v) is 1.56. The molecule has 1 aromatic carbocycles. The van der Waals surface area contributed by atoms with Gasteiger partial charge >= 0.3 is 0 Å². The highest BCUT2D eigenvalue weighted by Crippen LogP contribution is 2.23. The normalized spacial score (nSPS) is 12.0. The molecule has 0 spiro atoms. The number of hydrogen-bond acceptors (Lipinski definition) is 2. The van der Waals surface area contributed by atoms with Crippen LogP contribution in [0.3, 0.4) is 0 Å². The first-order valence-electron chi connectivity index (χ1n) is 5.84. The van der Waals surface area contributed by atoms with Gasteiger partial charge in [-0.1, -0.05) is 31.9 Å². The van der Waals surface area contributed by atoms with E-state index in [1.807, 2.05) is 0 Å². The molecule has 0 saturated carbocycles. The second-order valence-electron chi connectivity index (χ2n) is 4.17. The van der Waals surface area contributed by atoms with Crippen molar-refractivity contribution in [1.82, 2.24) is 5.32 Å². The van der Waals surface area contributed by atoms with E-state index in [0.717, 1.165) is 18.7 Å². The summed E-state index contributed by atoms with van der Waals surface area (Å²) in [5, 5.41) is 6.50. The van der Waals surface area contributed by atoms with Gasteiger partial charge in [-0.25, -0.2) is 0 Å². The molecule has 17 heavy (non-hydrogen) atoms. The van der Waals surface area contributed by atoms with Crippen LogP contribution in [0.25, 0.3) is 0 Å². The van der Waals surface area contributed by atoms with E-state index in [1.165, 1.54) is 0 Å². The van der Waals surface area contributed by atoms with Crippen LogP contribution in [0.5, 0.6) is 0 Å². The van der Waals surface area contributed by atoms with Crippen molar-refractivity contribution in [2.75, 3.05) is 18.9 Å². The van der Waals surface area contributed by atoms with Crippen LogP contribution >= 0.6 is 11.6 Å². The molecule has 0 fully saturated rings. The molecule has 1 amide bonds. The lowest BCUT2D eigenvalue weighted by Crippen LogP contribution is -2.18. The van der Waals surface area contributed by atoms with Gasteiger partial charge in [-0.15, -0.1) is 0 Å². The molecular formula is C13H19ClN2O. The van der Waals surface area contributed by atoms with Crippen LogP contribution in [0.1, 0.15) is 30.6 Å². The smallest absolute Gasteiger partial charge is 0.251 e. The van der Waals surface area contributed by atoms with Crippen LogP contribution in [-0.4, -0.2) is 19.5 Å². The quantitative estimate of drug-likeness (QED) is 0.848. The van der Waals surface area contributed by atoms with Crippen LogP contribution in [0, 0.1) is 5.92 Å². The third kappa shape index (κ3) is 3.93. The Morgan fingerprint density at radius 2 is 2.18 bits per heavy atom. The van der Waals surface area contributed by atoms with E-state index < -0.39 is 0 Å². The first kappa shape index (κ1) is 13.8. The van der Waals surface area contributed by atoms with E-state index in [0.29, 0.717) is 16.5 Å². The fourth-order valence-electron chi connectivity index (χ4n) is 1.37. The number of halogens is 1. The molecule has 1 unspecified atom stereocenters. The van der Waals surface area contributed by atoms with E-state index in [1.54, 1.807) is 25.2 Å². The molecule has 1 atom stereocenters. The number of amides is 1. The molecule has 2 N–H and O–H groups in total. The van der Waals surface area contributed by atoms with E-state index in [9.17, 15) is 4.79 Å². The molecule has 0 aliphatic rings. The van der Waals surface area contributed by atoms with Gasteiger partial charge in [0.05, 0.1) is 10.7 Å². The summed E-state index contributed by atoms with van der Waals surface area (Å²) in [5.41, 5.74) is 1.43. The maximum atomic E-state index is 11.5. The van der Waals surface area contributed by atoms with E-state index in [4.69, 9.17) is 11.6 Å². The zero-order valence-corrected chi connectivity index (χ0v) is 11.3. The summed E-state index contributed by atoms with van der Waals surface area (Å²) in [5.74, 6) is 0.475. The van der Waals surface area contributed by atoms with Crippen molar-refractivity contribution in [1.29, 1.82) is 0 Å². The number of benzene rings is 1. The molecule has 0 radical (unpaired) electrons. The summed E-state index contributed by atoms with van der Waals surface area (Å²) in [6.07, 6.45) is 1.11. The molecule has 3 nitrogen and oxygen atoms in total. The molecule has 0 bridgehead atoms. The lowest BCUT2D eigenvalue weighted by Gasteiger charge is -2.13. The molecule has 4 heteroatoms. The van der Waals surface area contributed by atoms with Crippen molar-refractivity contribution >= 4 is 23.2 Å². The highest BCUT2D eigenvalue weighted by atomic mass is 35.5. The van der Waals surface area contributed by atoms with Crippen molar-refractivity contribution in [2.45, 2.75) is 20.3 Å². The Balaban J connectivity index is 2.80. The average Bonchev–Trinajstić information content (AvgIpc) is 2.36. The third-order valence-corrected chi connectivity index (χ3v) is 3.12. The van der Waals surface area contributed by atoms with Gasteiger partial charge in [0.2, 0.25) is 0 Å². The number of carbonyl (C=O) groups is 1. The van der Waals surface area contributed by atoms with Gasteiger partial charge in [0.15, 0.2) is 0 Å². The van der Waals surface area contributed by atoms with Crippen molar-refractivity contribution in [3.8, 4) is 0 Å². The molecule has 0 aliphatic heterocycles. The van der Waals surface area contributed by atoms with Crippen LogP contribution in [0.4, 0.5) is 5.69 Å². The summed E-state index contributed by atoms with van der Waals surface area (Å²) in [4.78, 5) is 11.5. The summed E-state index contributed by atoms with van der Waals surface area (Å²) in [6.45, 7) is 5.17. The summed E-state index contributed by atoms with van der Waals surface area (Å²) < 4.78 is 0. The maximum Gasteiger partial charge on any atom is 0.251 e. The van der Waals surface area contributed by atoms with Gasteiger partial charge in [0, 0.05) is 19.2 Å². The van der Waals surface area contributed by atoms with Gasteiger partial charge < -0.3 is 10.6 Å². The minimum Gasteiger partial charge on any atom is -0.384 e. The molecular weight excluding hydrogens is 236 g/mol. The predicted molar refractivity (Wildman–Crippen MR) is 72.8 cm³/mol.